The van der Waals surface area contributed by atoms with Gasteiger partial charge in [0.1, 0.15) is 12.4 Å². The molecule has 3 fully saturated rings. The molecule has 3 heterocycles. The Morgan fingerprint density at radius 1 is 1.21 bits per heavy atom. The molecule has 3 aliphatic heterocycles. The summed E-state index contributed by atoms with van der Waals surface area (Å²) < 4.78 is 11.8. The van der Waals surface area contributed by atoms with E-state index in [9.17, 15) is 4.79 Å². The number of amides is 1. The Morgan fingerprint density at radius 2 is 2.03 bits per heavy atom. The van der Waals surface area contributed by atoms with Crippen LogP contribution >= 0.6 is 0 Å². The maximum atomic E-state index is 12.4. The maximum Gasteiger partial charge on any atom is 0.222 e. The molecule has 0 aliphatic carbocycles. The highest BCUT2D eigenvalue weighted by atomic mass is 16.5. The van der Waals surface area contributed by atoms with Crippen LogP contribution in [0.4, 0.5) is 0 Å². The van der Waals surface area contributed by atoms with Crippen LogP contribution in [0.2, 0.25) is 0 Å². The van der Waals surface area contributed by atoms with Crippen LogP contribution in [0.3, 0.4) is 0 Å². The van der Waals surface area contributed by atoms with Gasteiger partial charge in [-0.25, -0.2) is 0 Å². The molecule has 0 N–H and O–H groups in total. The van der Waals surface area contributed by atoms with Crippen LogP contribution in [-0.2, 0) is 9.53 Å². The lowest BCUT2D eigenvalue weighted by Crippen LogP contribution is -2.53. The Hall–Kier alpha value is -1.59. The topological polar surface area (TPSA) is 42.0 Å². The molecule has 0 bridgehead atoms. The molecule has 3 aliphatic rings. The van der Waals surface area contributed by atoms with E-state index in [1.54, 1.807) is 0 Å². The molecule has 3 saturated heterocycles. The van der Waals surface area contributed by atoms with Crippen LogP contribution in [0, 0.1) is 19.3 Å². The molecule has 5 nitrogen and oxygen atoms in total. The quantitative estimate of drug-likeness (QED) is 0.732. The van der Waals surface area contributed by atoms with E-state index in [0.717, 1.165) is 70.9 Å². The second-order valence-corrected chi connectivity index (χ2v) is 9.30. The minimum absolute atomic E-state index is 0.261. The number of rotatable bonds is 6. The summed E-state index contributed by atoms with van der Waals surface area (Å²) in [6, 6.07) is 6.26. The van der Waals surface area contributed by atoms with Crippen molar-refractivity contribution in [3.05, 3.63) is 29.3 Å². The van der Waals surface area contributed by atoms with Gasteiger partial charge in [-0.1, -0.05) is 12.1 Å². The first-order valence-corrected chi connectivity index (χ1v) is 11.4. The van der Waals surface area contributed by atoms with Gasteiger partial charge in [0.05, 0.1) is 6.10 Å². The van der Waals surface area contributed by atoms with Crippen molar-refractivity contribution in [1.82, 2.24) is 9.80 Å². The number of benzene rings is 1. The van der Waals surface area contributed by atoms with Crippen LogP contribution in [0.25, 0.3) is 0 Å². The molecule has 1 amide bonds. The number of ether oxygens (including phenoxy) is 2. The van der Waals surface area contributed by atoms with Crippen molar-refractivity contribution in [1.29, 1.82) is 0 Å². The van der Waals surface area contributed by atoms with Crippen LogP contribution in [0.15, 0.2) is 18.2 Å². The van der Waals surface area contributed by atoms with Crippen LogP contribution in [-0.4, -0.2) is 67.7 Å². The second-order valence-electron chi connectivity index (χ2n) is 9.30. The van der Waals surface area contributed by atoms with Gasteiger partial charge in [-0.2, -0.15) is 0 Å². The zero-order valence-corrected chi connectivity index (χ0v) is 18.1. The molecule has 4 rings (SSSR count). The predicted octanol–water partition coefficient (Wildman–Crippen LogP) is 3.57. The number of carbonyl (C=O) groups excluding carboxylic acids is 1. The molecular formula is C24H36N2O3. The van der Waals surface area contributed by atoms with Crippen molar-refractivity contribution in [2.75, 3.05) is 45.9 Å². The lowest BCUT2D eigenvalue weighted by Gasteiger charge is -2.47. The molecule has 29 heavy (non-hydrogen) atoms. The third-order valence-corrected chi connectivity index (χ3v) is 7.33. The van der Waals surface area contributed by atoms with Crippen molar-refractivity contribution < 1.29 is 14.3 Å². The number of piperidine rings is 2. The fraction of sp³-hybridized carbons (Fsp3) is 0.708. The Balaban J connectivity index is 1.24. The Morgan fingerprint density at radius 3 is 2.79 bits per heavy atom. The summed E-state index contributed by atoms with van der Waals surface area (Å²) in [4.78, 5) is 17.1. The van der Waals surface area contributed by atoms with Crippen LogP contribution < -0.4 is 4.74 Å². The van der Waals surface area contributed by atoms with Crippen molar-refractivity contribution >= 4 is 5.91 Å². The van der Waals surface area contributed by atoms with Crippen molar-refractivity contribution in [3.8, 4) is 5.75 Å². The van der Waals surface area contributed by atoms with E-state index in [4.69, 9.17) is 9.47 Å². The van der Waals surface area contributed by atoms with E-state index in [1.807, 2.05) is 0 Å². The fourth-order valence-electron chi connectivity index (χ4n) is 5.13. The average molecular weight is 401 g/mol. The highest BCUT2D eigenvalue weighted by Gasteiger charge is 2.41. The highest BCUT2D eigenvalue weighted by molar-refractivity contribution is 5.77. The predicted molar refractivity (Wildman–Crippen MR) is 114 cm³/mol. The summed E-state index contributed by atoms with van der Waals surface area (Å²) in [5.74, 6) is 1.34. The van der Waals surface area contributed by atoms with Gasteiger partial charge >= 0.3 is 0 Å². The summed E-state index contributed by atoms with van der Waals surface area (Å²) in [6.45, 7) is 10.8. The molecule has 1 spiro atoms. The first-order valence-electron chi connectivity index (χ1n) is 11.4. The lowest BCUT2D eigenvalue weighted by atomic mass is 9.72. The number of nitrogens with zero attached hydrogens (tertiary/aromatic N) is 2. The largest absolute Gasteiger partial charge is 0.492 e. The van der Waals surface area contributed by atoms with Crippen molar-refractivity contribution in [2.24, 2.45) is 5.41 Å². The van der Waals surface area contributed by atoms with Crippen LogP contribution in [0.5, 0.6) is 5.75 Å². The summed E-state index contributed by atoms with van der Waals surface area (Å²) in [5.41, 5.74) is 2.84. The molecule has 0 aromatic heterocycles. The first kappa shape index (κ1) is 20.7. The van der Waals surface area contributed by atoms with Gasteiger partial charge in [-0.3, -0.25) is 9.69 Å². The van der Waals surface area contributed by atoms with Gasteiger partial charge in [0.15, 0.2) is 0 Å². The van der Waals surface area contributed by atoms with E-state index < -0.39 is 0 Å². The number of aryl methyl sites for hydroxylation is 1. The molecule has 0 saturated carbocycles. The Kier molecular flexibility index (Phi) is 6.45. The monoisotopic (exact) mass is 400 g/mol. The van der Waals surface area contributed by atoms with Gasteiger partial charge in [0.2, 0.25) is 5.91 Å². The highest BCUT2D eigenvalue weighted by Crippen LogP contribution is 2.40. The third kappa shape index (κ3) is 4.95. The zero-order valence-electron chi connectivity index (χ0n) is 18.1. The molecular weight excluding hydrogens is 364 g/mol. The lowest BCUT2D eigenvalue weighted by molar-refractivity contribution is -0.141. The van der Waals surface area contributed by atoms with Gasteiger partial charge in [0, 0.05) is 32.7 Å². The number of likely N-dealkylation sites (tertiary alicyclic amines) is 2. The molecule has 160 valence electrons. The molecule has 1 aromatic rings. The SMILES string of the molecule is Cc1cccc(OCCN2CCC3(CCC(=O)N(C[C@H]4CCCO4)C3)CC2)c1C. The summed E-state index contributed by atoms with van der Waals surface area (Å²) in [6.07, 6.45) is 6.64. The van der Waals surface area contributed by atoms with E-state index in [2.05, 4.69) is 41.8 Å². The Bertz CT molecular complexity index is 706. The number of hydrogen-bond donors (Lipinski definition) is 0. The molecule has 1 atom stereocenters. The molecule has 1 aromatic carbocycles. The minimum atomic E-state index is 0.261. The zero-order chi connectivity index (χ0) is 20.3. The van der Waals surface area contributed by atoms with Gasteiger partial charge < -0.3 is 14.4 Å². The number of hydrogen-bond acceptors (Lipinski definition) is 4. The summed E-state index contributed by atoms with van der Waals surface area (Å²) in [5, 5.41) is 0. The fourth-order valence-corrected chi connectivity index (χ4v) is 5.13. The normalized spacial score (nSPS) is 25.0. The first-order chi connectivity index (χ1) is 14.0. The van der Waals surface area contributed by atoms with E-state index in [-0.39, 0.29) is 6.10 Å². The minimum Gasteiger partial charge on any atom is -0.492 e. The second kappa shape index (κ2) is 9.05. The third-order valence-electron chi connectivity index (χ3n) is 7.33. The Labute approximate surface area is 175 Å². The molecule has 0 radical (unpaired) electrons. The summed E-state index contributed by atoms with van der Waals surface area (Å²) in [7, 11) is 0. The standard InChI is InChI=1S/C24H36N2O3/c1-19-5-3-7-22(20(19)2)29-16-14-25-12-10-24(11-13-25)9-8-23(27)26(18-24)17-21-6-4-15-28-21/h3,5,7,21H,4,6,8-18H2,1-2H3/t21-/m1/s1. The van der Waals surface area contributed by atoms with E-state index in [0.29, 0.717) is 17.7 Å². The van der Waals surface area contributed by atoms with Gasteiger partial charge in [-0.15, -0.1) is 0 Å². The van der Waals surface area contributed by atoms with Crippen molar-refractivity contribution in [2.45, 2.75) is 58.5 Å². The number of carbonyl (C=O) groups is 1. The maximum absolute atomic E-state index is 12.4. The summed E-state index contributed by atoms with van der Waals surface area (Å²) >= 11 is 0. The van der Waals surface area contributed by atoms with Crippen LogP contribution in [0.1, 0.15) is 49.7 Å². The molecule has 0 unspecified atom stereocenters. The van der Waals surface area contributed by atoms with Crippen molar-refractivity contribution in [3.63, 3.8) is 0 Å². The van der Waals surface area contributed by atoms with Gasteiger partial charge in [0.25, 0.3) is 0 Å². The van der Waals surface area contributed by atoms with Gasteiger partial charge in [-0.05, 0) is 81.6 Å². The average Bonchev–Trinajstić information content (AvgIpc) is 3.23. The molecule has 5 heteroatoms. The van der Waals surface area contributed by atoms with E-state index in [1.165, 1.54) is 24.0 Å². The smallest absolute Gasteiger partial charge is 0.222 e. The van der Waals surface area contributed by atoms with E-state index >= 15 is 0 Å².